The number of benzene rings is 2. The highest BCUT2D eigenvalue weighted by Gasteiger charge is 2.21. The number of amides is 1. The van der Waals surface area contributed by atoms with Crippen LogP contribution in [0.15, 0.2) is 54.6 Å². The van der Waals surface area contributed by atoms with Crippen LogP contribution >= 0.6 is 11.6 Å². The highest BCUT2D eigenvalue weighted by atomic mass is 35.5. The first kappa shape index (κ1) is 22.7. The van der Waals surface area contributed by atoms with E-state index in [0.29, 0.717) is 30.3 Å². The Morgan fingerprint density at radius 1 is 1.07 bits per heavy atom. The van der Waals surface area contributed by atoms with Crippen LogP contribution in [-0.2, 0) is 11.3 Å². The highest BCUT2D eigenvalue weighted by molar-refractivity contribution is 6.33. The van der Waals surface area contributed by atoms with E-state index in [0.717, 1.165) is 32.7 Å². The molecule has 1 atom stereocenters. The van der Waals surface area contributed by atoms with Crippen LogP contribution in [0.25, 0.3) is 0 Å². The number of hydrogen-bond donors (Lipinski definition) is 2. The standard InChI is InChI=1S/C23H31ClN4O2/c1-26(15-19-7-3-2-4-8-19)16-20(29)17-27-11-13-28(14-12-27)18-23(30)25-22-10-6-5-9-21(22)24/h2-10,20,29H,11-18H2,1H3,(H,25,30). The van der Waals surface area contributed by atoms with Crippen LogP contribution < -0.4 is 5.32 Å². The largest absolute Gasteiger partial charge is 0.390 e. The van der Waals surface area contributed by atoms with Gasteiger partial charge in [-0.2, -0.15) is 0 Å². The molecule has 1 aliphatic heterocycles. The molecule has 1 amide bonds. The number of para-hydroxylation sites is 1. The van der Waals surface area contributed by atoms with Crippen molar-refractivity contribution in [3.63, 3.8) is 0 Å². The van der Waals surface area contributed by atoms with E-state index in [4.69, 9.17) is 11.6 Å². The molecule has 1 aliphatic rings. The molecule has 0 aliphatic carbocycles. The van der Waals surface area contributed by atoms with E-state index in [2.05, 4.69) is 32.1 Å². The third-order valence-electron chi connectivity index (χ3n) is 5.27. The molecule has 3 rings (SSSR count). The summed E-state index contributed by atoms with van der Waals surface area (Å²) in [5, 5.41) is 13.9. The Bertz CT molecular complexity index is 797. The van der Waals surface area contributed by atoms with Gasteiger partial charge in [-0.15, -0.1) is 0 Å². The summed E-state index contributed by atoms with van der Waals surface area (Å²) in [6, 6.07) is 17.5. The number of carbonyl (C=O) groups excluding carboxylic acids is 1. The van der Waals surface area contributed by atoms with Gasteiger partial charge >= 0.3 is 0 Å². The normalized spacial score (nSPS) is 16.5. The molecular weight excluding hydrogens is 400 g/mol. The number of aliphatic hydroxyl groups excluding tert-OH is 1. The van der Waals surface area contributed by atoms with E-state index >= 15 is 0 Å². The van der Waals surface area contributed by atoms with E-state index in [1.54, 1.807) is 12.1 Å². The van der Waals surface area contributed by atoms with Gasteiger partial charge in [-0.1, -0.05) is 54.1 Å². The van der Waals surface area contributed by atoms with Crippen LogP contribution in [0, 0.1) is 0 Å². The van der Waals surface area contributed by atoms with Crippen LogP contribution in [0.5, 0.6) is 0 Å². The SMILES string of the molecule is CN(Cc1ccccc1)CC(O)CN1CCN(CC(=O)Nc2ccccc2Cl)CC1. The minimum absolute atomic E-state index is 0.0564. The molecule has 0 saturated carbocycles. The first-order valence-electron chi connectivity index (χ1n) is 10.4. The molecule has 0 spiro atoms. The Hall–Kier alpha value is -1.96. The monoisotopic (exact) mass is 430 g/mol. The summed E-state index contributed by atoms with van der Waals surface area (Å²) < 4.78 is 0. The number of β-amino-alcohol motifs (C(OH)–C–C–N with tert-alkyl or cyclic N) is 1. The van der Waals surface area contributed by atoms with E-state index in [9.17, 15) is 9.90 Å². The second-order valence-electron chi connectivity index (χ2n) is 7.94. The number of likely N-dealkylation sites (N-methyl/N-ethyl adjacent to an activating group) is 1. The molecule has 162 valence electrons. The third kappa shape index (κ3) is 7.38. The summed E-state index contributed by atoms with van der Waals surface area (Å²) in [6.07, 6.45) is -0.395. The molecule has 0 radical (unpaired) electrons. The number of rotatable bonds is 9. The maximum atomic E-state index is 12.3. The minimum atomic E-state index is -0.395. The second-order valence-corrected chi connectivity index (χ2v) is 8.35. The maximum absolute atomic E-state index is 12.3. The zero-order valence-corrected chi connectivity index (χ0v) is 18.3. The molecule has 0 aromatic heterocycles. The van der Waals surface area contributed by atoms with Crippen molar-refractivity contribution in [2.24, 2.45) is 0 Å². The van der Waals surface area contributed by atoms with Gasteiger partial charge in [-0.3, -0.25) is 19.5 Å². The van der Waals surface area contributed by atoms with Crippen molar-refractivity contribution in [3.8, 4) is 0 Å². The summed E-state index contributed by atoms with van der Waals surface area (Å²) in [7, 11) is 2.03. The minimum Gasteiger partial charge on any atom is -0.390 e. The summed E-state index contributed by atoms with van der Waals surface area (Å²) in [6.45, 7) is 5.77. The molecule has 1 fully saturated rings. The number of halogens is 1. The van der Waals surface area contributed by atoms with Crippen LogP contribution in [0.2, 0.25) is 5.02 Å². The molecule has 0 bridgehead atoms. The quantitative estimate of drug-likeness (QED) is 0.639. The van der Waals surface area contributed by atoms with Crippen molar-refractivity contribution in [1.82, 2.24) is 14.7 Å². The Balaban J connectivity index is 1.34. The van der Waals surface area contributed by atoms with E-state index < -0.39 is 6.10 Å². The van der Waals surface area contributed by atoms with Gasteiger partial charge in [-0.05, 0) is 24.7 Å². The fourth-order valence-electron chi connectivity index (χ4n) is 3.76. The summed E-state index contributed by atoms with van der Waals surface area (Å²) in [4.78, 5) is 18.8. The van der Waals surface area contributed by atoms with Gasteiger partial charge < -0.3 is 10.4 Å². The average molecular weight is 431 g/mol. The molecule has 2 N–H and O–H groups in total. The molecular formula is C23H31ClN4O2. The van der Waals surface area contributed by atoms with Crippen molar-refractivity contribution < 1.29 is 9.90 Å². The number of nitrogens with one attached hydrogen (secondary N) is 1. The van der Waals surface area contributed by atoms with E-state index in [1.165, 1.54) is 5.56 Å². The number of aliphatic hydroxyl groups is 1. The lowest BCUT2D eigenvalue weighted by Gasteiger charge is -2.35. The topological polar surface area (TPSA) is 59.1 Å². The number of piperazine rings is 1. The highest BCUT2D eigenvalue weighted by Crippen LogP contribution is 2.20. The molecule has 1 saturated heterocycles. The van der Waals surface area contributed by atoms with Crippen molar-refractivity contribution in [2.45, 2.75) is 12.6 Å². The van der Waals surface area contributed by atoms with Gasteiger partial charge in [0.1, 0.15) is 0 Å². The molecule has 2 aromatic rings. The molecule has 1 heterocycles. The molecule has 30 heavy (non-hydrogen) atoms. The van der Waals surface area contributed by atoms with Crippen LogP contribution in [-0.4, -0.2) is 84.7 Å². The second kappa shape index (κ2) is 11.4. The summed E-state index contributed by atoms with van der Waals surface area (Å²) in [5.41, 5.74) is 1.89. The van der Waals surface area contributed by atoms with Crippen molar-refractivity contribution in [2.75, 3.05) is 58.2 Å². The Morgan fingerprint density at radius 3 is 2.40 bits per heavy atom. The van der Waals surface area contributed by atoms with Crippen molar-refractivity contribution in [1.29, 1.82) is 0 Å². The lowest BCUT2D eigenvalue weighted by molar-refractivity contribution is -0.117. The smallest absolute Gasteiger partial charge is 0.238 e. The first-order chi connectivity index (χ1) is 14.5. The van der Waals surface area contributed by atoms with Crippen LogP contribution in [0.3, 0.4) is 0 Å². The third-order valence-corrected chi connectivity index (χ3v) is 5.60. The fourth-order valence-corrected chi connectivity index (χ4v) is 3.94. The predicted octanol–water partition coefficient (Wildman–Crippen LogP) is 2.39. The van der Waals surface area contributed by atoms with Gasteiger partial charge in [0, 0.05) is 45.8 Å². The number of carbonyl (C=O) groups is 1. The number of hydrogen-bond acceptors (Lipinski definition) is 5. The fraction of sp³-hybridized carbons (Fsp3) is 0.435. The Kier molecular flexibility index (Phi) is 8.66. The predicted molar refractivity (Wildman–Crippen MR) is 122 cm³/mol. The lowest BCUT2D eigenvalue weighted by atomic mass is 10.2. The van der Waals surface area contributed by atoms with Gasteiger partial charge in [0.25, 0.3) is 0 Å². The van der Waals surface area contributed by atoms with Gasteiger partial charge in [0.15, 0.2) is 0 Å². The maximum Gasteiger partial charge on any atom is 0.238 e. The van der Waals surface area contributed by atoms with Gasteiger partial charge in [0.2, 0.25) is 5.91 Å². The molecule has 1 unspecified atom stereocenters. The number of nitrogens with zero attached hydrogens (tertiary/aromatic N) is 3. The summed E-state index contributed by atoms with van der Waals surface area (Å²) >= 11 is 6.10. The Morgan fingerprint density at radius 2 is 1.70 bits per heavy atom. The molecule has 7 heteroatoms. The first-order valence-corrected chi connectivity index (χ1v) is 10.8. The van der Waals surface area contributed by atoms with Gasteiger partial charge in [-0.25, -0.2) is 0 Å². The zero-order chi connectivity index (χ0) is 21.3. The van der Waals surface area contributed by atoms with E-state index in [1.807, 2.05) is 37.4 Å². The van der Waals surface area contributed by atoms with Crippen LogP contribution in [0.1, 0.15) is 5.56 Å². The van der Waals surface area contributed by atoms with Crippen molar-refractivity contribution in [3.05, 3.63) is 65.2 Å². The Labute approximate surface area is 184 Å². The molecule has 6 nitrogen and oxygen atoms in total. The van der Waals surface area contributed by atoms with E-state index in [-0.39, 0.29) is 5.91 Å². The van der Waals surface area contributed by atoms with Gasteiger partial charge in [0.05, 0.1) is 23.4 Å². The average Bonchev–Trinajstić information content (AvgIpc) is 2.72. The number of anilines is 1. The van der Waals surface area contributed by atoms with Crippen molar-refractivity contribution >= 4 is 23.2 Å². The van der Waals surface area contributed by atoms with Crippen LogP contribution in [0.4, 0.5) is 5.69 Å². The zero-order valence-electron chi connectivity index (χ0n) is 17.5. The summed E-state index contributed by atoms with van der Waals surface area (Å²) in [5.74, 6) is -0.0564. The lowest BCUT2D eigenvalue weighted by Crippen LogP contribution is -2.51. The molecule has 2 aromatic carbocycles.